The average Bonchev–Trinajstić information content (AvgIpc) is 1.69. The minimum Gasteiger partial charge on any atom is -0.358 e. The molecule has 0 radical (unpaired) electrons. The molecule has 0 saturated carbocycles. The predicted octanol–water partition coefficient (Wildman–Crippen LogP) is 2.24. The summed E-state index contributed by atoms with van der Waals surface area (Å²) in [5, 5.41) is 0. The van der Waals surface area contributed by atoms with Gasteiger partial charge in [-0.2, -0.15) is 35.9 Å². The topological polar surface area (TPSA) is 0 Å². The van der Waals surface area contributed by atoms with Gasteiger partial charge in [-0.25, -0.2) is 0 Å². The molecule has 0 aliphatic rings. The van der Waals surface area contributed by atoms with E-state index in [1.165, 1.54) is 5.56 Å². The van der Waals surface area contributed by atoms with Crippen molar-refractivity contribution in [1.82, 2.24) is 0 Å². The molecule has 1 rings (SSSR count). The van der Waals surface area contributed by atoms with Crippen LogP contribution in [0.2, 0.25) is 0 Å². The Bertz CT molecular complexity index is 134. The molecular formula is C8H10W. The number of hydrogen-bond donors (Lipinski definition) is 0. The molecular weight excluding hydrogens is 280 g/mol. The minimum atomic E-state index is 0. The van der Waals surface area contributed by atoms with Crippen molar-refractivity contribution in [3.05, 3.63) is 43.3 Å². The number of benzene rings is 1. The van der Waals surface area contributed by atoms with E-state index in [1.54, 1.807) is 0 Å². The summed E-state index contributed by atoms with van der Waals surface area (Å²) < 4.78 is 0. The fourth-order valence-corrected chi connectivity index (χ4v) is 0.470. The summed E-state index contributed by atoms with van der Waals surface area (Å²) in [4.78, 5) is 0. The molecule has 0 aromatic heterocycles. The van der Waals surface area contributed by atoms with Crippen molar-refractivity contribution < 1.29 is 21.1 Å². The van der Waals surface area contributed by atoms with Crippen molar-refractivity contribution in [2.24, 2.45) is 0 Å². The van der Waals surface area contributed by atoms with Gasteiger partial charge in [-0.3, -0.25) is 0 Å². The van der Waals surface area contributed by atoms with Gasteiger partial charge in [-0.1, -0.05) is 6.92 Å². The molecule has 0 bridgehead atoms. The van der Waals surface area contributed by atoms with Crippen LogP contribution in [0.5, 0.6) is 0 Å². The monoisotopic (exact) mass is 290 g/mol. The second kappa shape index (κ2) is 6.03. The summed E-state index contributed by atoms with van der Waals surface area (Å²) in [7, 11) is 0. The Morgan fingerprint density at radius 1 is 1.22 bits per heavy atom. The van der Waals surface area contributed by atoms with Crippen molar-refractivity contribution in [2.75, 3.05) is 0 Å². The van der Waals surface area contributed by atoms with Crippen LogP contribution in [0.4, 0.5) is 0 Å². The largest absolute Gasteiger partial charge is 2.00 e. The summed E-state index contributed by atoms with van der Waals surface area (Å²) in [6, 6.07) is 10.8. The maximum atomic E-state index is 2.93. The zero-order valence-corrected chi connectivity index (χ0v) is 8.65. The predicted molar refractivity (Wildman–Crippen MR) is 36.4 cm³/mol. The second-order valence-electron chi connectivity index (χ2n) is 1.58. The zero-order chi connectivity index (χ0) is 5.11. The molecule has 1 aromatic rings. The Kier molecular flexibility index (Phi) is 7.83. The number of aryl methyl sites for hydroxylation is 1. The first kappa shape index (κ1) is 11.7. The standard InChI is InChI=1S/C7H7.CH3.W/c1-7-5-3-2-4-6-7;;/h3-6H,1H3;1H3;/q2*-1;+2. The Labute approximate surface area is 71.6 Å². The van der Waals surface area contributed by atoms with E-state index in [0.29, 0.717) is 0 Å². The summed E-state index contributed by atoms with van der Waals surface area (Å²) in [5.41, 5.74) is 1.29. The van der Waals surface area contributed by atoms with E-state index >= 15 is 0 Å². The molecule has 0 saturated heterocycles. The Balaban J connectivity index is 0. The van der Waals surface area contributed by atoms with Crippen LogP contribution in [-0.2, 0) is 21.1 Å². The number of hydrogen-bond acceptors (Lipinski definition) is 0. The first-order chi connectivity index (χ1) is 3.39. The summed E-state index contributed by atoms with van der Waals surface area (Å²) in [5.74, 6) is 0. The quantitative estimate of drug-likeness (QED) is 0.643. The minimum absolute atomic E-state index is 0. The molecule has 0 N–H and O–H groups in total. The molecule has 48 valence electrons. The van der Waals surface area contributed by atoms with Crippen molar-refractivity contribution in [2.45, 2.75) is 6.92 Å². The van der Waals surface area contributed by atoms with Crippen molar-refractivity contribution in [3.8, 4) is 0 Å². The fourth-order valence-electron chi connectivity index (χ4n) is 0.470. The third-order valence-corrected chi connectivity index (χ3v) is 0.885. The van der Waals surface area contributed by atoms with E-state index in [2.05, 4.69) is 13.0 Å². The van der Waals surface area contributed by atoms with Gasteiger partial charge in [0.1, 0.15) is 0 Å². The van der Waals surface area contributed by atoms with Gasteiger partial charge in [0, 0.05) is 0 Å². The third-order valence-electron chi connectivity index (χ3n) is 0.885. The van der Waals surface area contributed by atoms with Crippen LogP contribution in [0.15, 0.2) is 24.3 Å². The summed E-state index contributed by atoms with van der Waals surface area (Å²) in [6.45, 7) is 2.06. The van der Waals surface area contributed by atoms with E-state index in [9.17, 15) is 0 Å². The Morgan fingerprint density at radius 3 is 1.89 bits per heavy atom. The third kappa shape index (κ3) is 4.41. The molecule has 0 unspecified atom stereocenters. The van der Waals surface area contributed by atoms with E-state index in [1.807, 2.05) is 24.3 Å². The Morgan fingerprint density at radius 2 is 1.67 bits per heavy atom. The molecule has 9 heavy (non-hydrogen) atoms. The molecule has 1 heteroatoms. The van der Waals surface area contributed by atoms with Gasteiger partial charge in [0.15, 0.2) is 0 Å². The molecule has 0 aliphatic carbocycles. The van der Waals surface area contributed by atoms with Crippen LogP contribution in [0, 0.1) is 20.4 Å². The fraction of sp³-hybridized carbons (Fsp3) is 0.125. The van der Waals surface area contributed by atoms with Gasteiger partial charge < -0.3 is 7.43 Å². The maximum absolute atomic E-state index is 2.93. The zero-order valence-electron chi connectivity index (χ0n) is 5.72. The van der Waals surface area contributed by atoms with Crippen LogP contribution in [0.25, 0.3) is 0 Å². The molecule has 0 aliphatic heterocycles. The van der Waals surface area contributed by atoms with Crippen LogP contribution < -0.4 is 0 Å². The van der Waals surface area contributed by atoms with Gasteiger partial charge in [-0.05, 0) is 0 Å². The van der Waals surface area contributed by atoms with Gasteiger partial charge in [0.25, 0.3) is 0 Å². The van der Waals surface area contributed by atoms with Crippen LogP contribution >= 0.6 is 0 Å². The molecule has 0 nitrogen and oxygen atoms in total. The van der Waals surface area contributed by atoms with E-state index in [4.69, 9.17) is 0 Å². The molecule has 0 atom stereocenters. The average molecular weight is 290 g/mol. The SMILES string of the molecule is Cc1cc[c-]cc1.[CH3-].[W+2]. The molecule has 0 amide bonds. The molecule has 0 heterocycles. The van der Waals surface area contributed by atoms with E-state index in [-0.39, 0.29) is 28.5 Å². The van der Waals surface area contributed by atoms with Crippen molar-refractivity contribution in [3.63, 3.8) is 0 Å². The van der Waals surface area contributed by atoms with Crippen molar-refractivity contribution in [1.29, 1.82) is 0 Å². The van der Waals surface area contributed by atoms with Crippen molar-refractivity contribution >= 4 is 0 Å². The Hall–Kier alpha value is -0.0917. The van der Waals surface area contributed by atoms with Gasteiger partial charge in [-0.15, -0.1) is 0 Å². The van der Waals surface area contributed by atoms with E-state index in [0.717, 1.165) is 0 Å². The molecule has 0 spiro atoms. The first-order valence-corrected chi connectivity index (χ1v) is 2.32. The van der Waals surface area contributed by atoms with Gasteiger partial charge >= 0.3 is 21.1 Å². The van der Waals surface area contributed by atoms with Gasteiger partial charge in [0.2, 0.25) is 0 Å². The number of rotatable bonds is 0. The smallest absolute Gasteiger partial charge is 0.358 e. The van der Waals surface area contributed by atoms with Gasteiger partial charge in [0.05, 0.1) is 0 Å². The normalized spacial score (nSPS) is 6.78. The second-order valence-corrected chi connectivity index (χ2v) is 1.58. The summed E-state index contributed by atoms with van der Waals surface area (Å²) in [6.07, 6.45) is 0. The van der Waals surface area contributed by atoms with Crippen LogP contribution in [0.3, 0.4) is 0 Å². The van der Waals surface area contributed by atoms with Crippen LogP contribution in [-0.4, -0.2) is 0 Å². The van der Waals surface area contributed by atoms with Crippen LogP contribution in [0.1, 0.15) is 5.56 Å². The first-order valence-electron chi connectivity index (χ1n) is 2.32. The van der Waals surface area contributed by atoms with E-state index < -0.39 is 0 Å². The summed E-state index contributed by atoms with van der Waals surface area (Å²) >= 11 is 0. The maximum Gasteiger partial charge on any atom is 2.00 e. The molecule has 1 aromatic carbocycles. The molecule has 0 fully saturated rings.